The Kier molecular flexibility index (Phi) is 10.7. The minimum atomic E-state index is -0.149. The second-order valence-corrected chi connectivity index (χ2v) is 15.8. The van der Waals surface area contributed by atoms with E-state index in [0.29, 0.717) is 5.84 Å². The van der Waals surface area contributed by atoms with E-state index in [2.05, 4.69) is 197 Å². The first-order valence-electron chi connectivity index (χ1n) is 21.3. The van der Waals surface area contributed by atoms with Crippen LogP contribution in [0.15, 0.2) is 218 Å². The molecule has 1 aliphatic rings. The molecule has 1 aliphatic carbocycles. The van der Waals surface area contributed by atoms with Gasteiger partial charge in [-0.05, 0) is 100 Å². The molecule has 0 aliphatic heterocycles. The number of anilines is 2. The zero-order valence-corrected chi connectivity index (χ0v) is 34.4. The highest BCUT2D eigenvalue weighted by molar-refractivity contribution is 5.98. The standard InChI is InChI=1S/C58H46N4/c59-58(61-54(44-17-6-2-7-18-44)37-27-41-15-4-1-5-16-41)45-30-28-42(29-31-45)46-19-14-20-48(39-46)51-23-10-12-25-55(51)60-49-35-32-43(33-36-49)47-34-38-57-53(40-47)52-24-11-13-26-56(52)62(57)50-21-8-3-9-22-50/h1-12,14-25,27-40,54,60H,13,26H2,(H2,59,61)/b37-27+. The number of hydrogen-bond donors (Lipinski definition) is 3. The fraction of sp³-hybridized carbons (Fsp3) is 0.0517. The average molecular weight is 799 g/mol. The fourth-order valence-corrected chi connectivity index (χ4v) is 8.63. The second kappa shape index (κ2) is 17.3. The van der Waals surface area contributed by atoms with E-state index in [4.69, 9.17) is 5.41 Å². The molecular formula is C58H46N4. The van der Waals surface area contributed by atoms with Crippen molar-refractivity contribution in [3.05, 3.63) is 246 Å². The minimum absolute atomic E-state index is 0.149. The van der Waals surface area contributed by atoms with Crippen molar-refractivity contribution in [3.8, 4) is 39.1 Å². The van der Waals surface area contributed by atoms with E-state index < -0.39 is 0 Å². The van der Waals surface area contributed by atoms with Crippen molar-refractivity contribution in [3.63, 3.8) is 0 Å². The van der Waals surface area contributed by atoms with E-state index in [1.54, 1.807) is 0 Å². The summed E-state index contributed by atoms with van der Waals surface area (Å²) in [6, 6.07) is 72.2. The number of para-hydroxylation sites is 2. The number of hydrogen-bond acceptors (Lipinski definition) is 2. The van der Waals surface area contributed by atoms with Crippen LogP contribution >= 0.6 is 0 Å². The van der Waals surface area contributed by atoms with Gasteiger partial charge in [0.05, 0.1) is 11.6 Å². The van der Waals surface area contributed by atoms with Gasteiger partial charge in [-0.1, -0.05) is 182 Å². The van der Waals surface area contributed by atoms with E-state index in [-0.39, 0.29) is 6.04 Å². The summed E-state index contributed by atoms with van der Waals surface area (Å²) in [5, 5.41) is 17.5. The molecule has 0 fully saturated rings. The highest BCUT2D eigenvalue weighted by Crippen LogP contribution is 2.38. The number of nitrogens with zero attached hydrogens (tertiary/aromatic N) is 1. The van der Waals surface area contributed by atoms with Crippen molar-refractivity contribution in [1.82, 2.24) is 9.88 Å². The zero-order chi connectivity index (χ0) is 41.7. The van der Waals surface area contributed by atoms with E-state index in [9.17, 15) is 0 Å². The van der Waals surface area contributed by atoms with Crippen molar-refractivity contribution in [1.29, 1.82) is 5.41 Å². The SMILES string of the molecule is N=C(NC(/C=C/c1ccccc1)c1ccccc1)c1ccc(-c2cccc(-c3ccccc3Nc3ccc(-c4ccc5c(c4)c4c(n5-c5ccccc5)CCC=C4)cc3)c2)cc1. The summed E-state index contributed by atoms with van der Waals surface area (Å²) in [6.07, 6.45) is 10.9. The third-order valence-corrected chi connectivity index (χ3v) is 11.8. The lowest BCUT2D eigenvalue weighted by atomic mass is 9.97. The van der Waals surface area contributed by atoms with Crippen LogP contribution in [-0.4, -0.2) is 10.4 Å². The summed E-state index contributed by atoms with van der Waals surface area (Å²) in [5.41, 5.74) is 17.2. The second-order valence-electron chi connectivity index (χ2n) is 15.8. The van der Waals surface area contributed by atoms with Crippen LogP contribution in [0.3, 0.4) is 0 Å². The number of rotatable bonds is 11. The quantitative estimate of drug-likeness (QED) is 0.0902. The fourth-order valence-electron chi connectivity index (χ4n) is 8.63. The molecule has 0 spiro atoms. The number of fused-ring (bicyclic) bond motifs is 3. The number of amidine groups is 1. The molecule has 1 heterocycles. The normalized spacial score (nSPS) is 12.6. The number of allylic oxidation sites excluding steroid dienone is 1. The van der Waals surface area contributed by atoms with Gasteiger partial charge < -0.3 is 15.2 Å². The van der Waals surface area contributed by atoms with Crippen LogP contribution in [-0.2, 0) is 6.42 Å². The summed E-state index contributed by atoms with van der Waals surface area (Å²) < 4.78 is 2.44. The van der Waals surface area contributed by atoms with Gasteiger partial charge in [0.15, 0.2) is 0 Å². The van der Waals surface area contributed by atoms with Crippen molar-refractivity contribution in [2.45, 2.75) is 18.9 Å². The Labute approximate surface area is 363 Å². The van der Waals surface area contributed by atoms with Crippen molar-refractivity contribution >= 4 is 40.3 Å². The van der Waals surface area contributed by atoms with Gasteiger partial charge in [-0.15, -0.1) is 0 Å². The molecule has 4 nitrogen and oxygen atoms in total. The zero-order valence-electron chi connectivity index (χ0n) is 34.4. The first-order valence-corrected chi connectivity index (χ1v) is 21.3. The molecule has 0 amide bonds. The summed E-state index contributed by atoms with van der Waals surface area (Å²) in [7, 11) is 0. The first kappa shape index (κ1) is 38.3. The lowest BCUT2D eigenvalue weighted by molar-refractivity contribution is 0.790. The lowest BCUT2D eigenvalue weighted by Crippen LogP contribution is -2.27. The van der Waals surface area contributed by atoms with Crippen molar-refractivity contribution in [2.75, 3.05) is 5.32 Å². The molecule has 10 rings (SSSR count). The number of aromatic nitrogens is 1. The molecule has 8 aromatic carbocycles. The molecule has 0 radical (unpaired) electrons. The molecule has 1 aromatic heterocycles. The van der Waals surface area contributed by atoms with Gasteiger partial charge in [0, 0.05) is 44.8 Å². The third-order valence-electron chi connectivity index (χ3n) is 11.8. The summed E-state index contributed by atoms with van der Waals surface area (Å²) in [6.45, 7) is 0. The Morgan fingerprint density at radius 2 is 1.23 bits per heavy atom. The van der Waals surface area contributed by atoms with E-state index >= 15 is 0 Å². The average Bonchev–Trinajstić information content (AvgIpc) is 3.68. The first-order chi connectivity index (χ1) is 30.6. The maximum Gasteiger partial charge on any atom is 0.126 e. The molecule has 9 aromatic rings. The maximum atomic E-state index is 9.02. The Bertz CT molecular complexity index is 3050. The van der Waals surface area contributed by atoms with Gasteiger partial charge in [0.2, 0.25) is 0 Å². The van der Waals surface area contributed by atoms with Crippen LogP contribution in [0, 0.1) is 5.41 Å². The summed E-state index contributed by atoms with van der Waals surface area (Å²) in [4.78, 5) is 0. The number of benzene rings is 8. The van der Waals surface area contributed by atoms with Crippen LogP contribution in [0.5, 0.6) is 0 Å². The lowest BCUT2D eigenvalue weighted by Gasteiger charge is -2.18. The Balaban J connectivity index is 0.855. The molecule has 62 heavy (non-hydrogen) atoms. The molecule has 1 unspecified atom stereocenters. The van der Waals surface area contributed by atoms with Crippen LogP contribution in [0.25, 0.3) is 62.1 Å². The predicted octanol–water partition coefficient (Wildman–Crippen LogP) is 14.7. The summed E-state index contributed by atoms with van der Waals surface area (Å²) in [5.74, 6) is 0.375. The monoisotopic (exact) mass is 798 g/mol. The van der Waals surface area contributed by atoms with E-state index in [0.717, 1.165) is 63.2 Å². The highest BCUT2D eigenvalue weighted by Gasteiger charge is 2.19. The largest absolute Gasteiger partial charge is 0.360 e. The van der Waals surface area contributed by atoms with Gasteiger partial charge in [-0.25, -0.2) is 0 Å². The highest BCUT2D eigenvalue weighted by atomic mass is 15.0. The molecule has 0 saturated carbocycles. The third kappa shape index (κ3) is 8.02. The van der Waals surface area contributed by atoms with Gasteiger partial charge in [-0.2, -0.15) is 0 Å². The Morgan fingerprint density at radius 3 is 2.00 bits per heavy atom. The van der Waals surface area contributed by atoms with Crippen LogP contribution < -0.4 is 10.6 Å². The molecule has 298 valence electrons. The van der Waals surface area contributed by atoms with Crippen LogP contribution in [0.1, 0.15) is 40.4 Å². The topological polar surface area (TPSA) is 52.8 Å². The van der Waals surface area contributed by atoms with Gasteiger partial charge in [-0.3, -0.25) is 5.41 Å². The summed E-state index contributed by atoms with van der Waals surface area (Å²) >= 11 is 0. The molecule has 0 saturated heterocycles. The van der Waals surface area contributed by atoms with Gasteiger partial charge in [0.1, 0.15) is 5.84 Å². The Morgan fingerprint density at radius 1 is 0.581 bits per heavy atom. The van der Waals surface area contributed by atoms with Crippen molar-refractivity contribution < 1.29 is 0 Å². The van der Waals surface area contributed by atoms with Gasteiger partial charge in [0.25, 0.3) is 0 Å². The van der Waals surface area contributed by atoms with Crippen LogP contribution in [0.4, 0.5) is 11.4 Å². The molecule has 3 N–H and O–H groups in total. The Hall–Kier alpha value is -7.95. The van der Waals surface area contributed by atoms with Gasteiger partial charge >= 0.3 is 0 Å². The number of nitrogens with one attached hydrogen (secondary N) is 3. The smallest absolute Gasteiger partial charge is 0.126 e. The molecular weight excluding hydrogens is 753 g/mol. The predicted molar refractivity (Wildman–Crippen MR) is 261 cm³/mol. The van der Waals surface area contributed by atoms with Crippen molar-refractivity contribution in [2.24, 2.45) is 0 Å². The maximum absolute atomic E-state index is 9.02. The van der Waals surface area contributed by atoms with Crippen LogP contribution in [0.2, 0.25) is 0 Å². The van der Waals surface area contributed by atoms with E-state index in [1.807, 2.05) is 48.5 Å². The minimum Gasteiger partial charge on any atom is -0.360 e. The van der Waals surface area contributed by atoms with E-state index in [1.165, 1.54) is 39.0 Å². The molecule has 1 atom stereocenters. The molecule has 0 bridgehead atoms. The molecule has 4 heteroatoms.